The van der Waals surface area contributed by atoms with Crippen LogP contribution in [0.25, 0.3) is 0 Å². The summed E-state index contributed by atoms with van der Waals surface area (Å²) in [4.78, 5) is 4.27. The van der Waals surface area contributed by atoms with Crippen molar-refractivity contribution in [2.45, 2.75) is 33.6 Å². The molecule has 0 saturated heterocycles. The molecule has 1 heterocycles. The molecule has 0 saturated carbocycles. The fourth-order valence-electron chi connectivity index (χ4n) is 1.51. The zero-order valence-corrected chi connectivity index (χ0v) is 10.8. The van der Waals surface area contributed by atoms with E-state index in [9.17, 15) is 0 Å². The average Bonchev–Trinajstić information content (AvgIpc) is 2.23. The Kier molecular flexibility index (Phi) is 4.94. The van der Waals surface area contributed by atoms with E-state index >= 15 is 0 Å². The molecular weight excluding hydrogens is 214 g/mol. The number of aromatic nitrogens is 1. The number of amidine groups is 1. The Morgan fingerprint density at radius 1 is 1.47 bits per heavy atom. The largest absolute Gasteiger partial charge is 0.477 e. The van der Waals surface area contributed by atoms with Crippen molar-refractivity contribution < 1.29 is 4.74 Å². The minimum absolute atomic E-state index is 0.00337. The molecule has 0 spiro atoms. The van der Waals surface area contributed by atoms with Gasteiger partial charge in [-0.3, -0.25) is 5.41 Å². The molecule has 0 bridgehead atoms. The third kappa shape index (κ3) is 4.43. The Morgan fingerprint density at radius 2 is 2.18 bits per heavy atom. The van der Waals surface area contributed by atoms with Gasteiger partial charge in [-0.05, 0) is 37.8 Å². The summed E-state index contributed by atoms with van der Waals surface area (Å²) >= 11 is 0. The lowest BCUT2D eigenvalue weighted by atomic mass is 10.1. The number of nitrogens with zero attached hydrogens (tertiary/aromatic N) is 1. The SMILES string of the molecule is Cc1ccc(C(=N)N)c(OCCCC(C)C)n1. The van der Waals surface area contributed by atoms with Crippen LogP contribution in [0, 0.1) is 18.3 Å². The number of aryl methyl sites for hydroxylation is 1. The van der Waals surface area contributed by atoms with Gasteiger partial charge < -0.3 is 10.5 Å². The number of nitrogens with one attached hydrogen (secondary N) is 1. The molecule has 0 aliphatic rings. The third-order valence-electron chi connectivity index (χ3n) is 2.45. The van der Waals surface area contributed by atoms with Crippen molar-refractivity contribution in [2.75, 3.05) is 6.61 Å². The number of nitrogens with two attached hydrogens (primary N) is 1. The quantitative estimate of drug-likeness (QED) is 0.452. The van der Waals surface area contributed by atoms with Crippen molar-refractivity contribution in [3.8, 4) is 5.88 Å². The van der Waals surface area contributed by atoms with Crippen molar-refractivity contribution in [3.63, 3.8) is 0 Å². The second-order valence-corrected chi connectivity index (χ2v) is 4.60. The number of pyridine rings is 1. The average molecular weight is 235 g/mol. The van der Waals surface area contributed by atoms with Crippen LogP contribution in [0.1, 0.15) is 37.9 Å². The van der Waals surface area contributed by atoms with E-state index < -0.39 is 0 Å². The molecule has 94 valence electrons. The molecule has 1 rings (SSSR count). The van der Waals surface area contributed by atoms with Crippen LogP contribution in [0.4, 0.5) is 0 Å². The highest BCUT2D eigenvalue weighted by molar-refractivity contribution is 5.97. The molecule has 0 radical (unpaired) electrons. The number of ether oxygens (including phenoxy) is 1. The van der Waals surface area contributed by atoms with E-state index in [0.29, 0.717) is 24.0 Å². The van der Waals surface area contributed by atoms with Gasteiger partial charge in [0.15, 0.2) is 0 Å². The van der Waals surface area contributed by atoms with Gasteiger partial charge >= 0.3 is 0 Å². The first-order valence-electron chi connectivity index (χ1n) is 5.95. The fourth-order valence-corrected chi connectivity index (χ4v) is 1.51. The normalized spacial score (nSPS) is 10.6. The van der Waals surface area contributed by atoms with Crippen LogP contribution < -0.4 is 10.5 Å². The van der Waals surface area contributed by atoms with E-state index in [1.54, 1.807) is 6.07 Å². The van der Waals surface area contributed by atoms with Gasteiger partial charge in [0.1, 0.15) is 5.84 Å². The molecule has 0 aromatic carbocycles. The lowest BCUT2D eigenvalue weighted by molar-refractivity contribution is 0.286. The zero-order chi connectivity index (χ0) is 12.8. The van der Waals surface area contributed by atoms with Gasteiger partial charge in [-0.1, -0.05) is 13.8 Å². The van der Waals surface area contributed by atoms with Gasteiger partial charge in [-0.2, -0.15) is 0 Å². The number of rotatable bonds is 6. The maximum Gasteiger partial charge on any atom is 0.224 e. The Morgan fingerprint density at radius 3 is 2.76 bits per heavy atom. The summed E-state index contributed by atoms with van der Waals surface area (Å²) in [6, 6.07) is 3.61. The van der Waals surface area contributed by atoms with E-state index in [2.05, 4.69) is 18.8 Å². The molecule has 4 nitrogen and oxygen atoms in total. The molecule has 0 amide bonds. The van der Waals surface area contributed by atoms with Gasteiger partial charge in [0.2, 0.25) is 5.88 Å². The van der Waals surface area contributed by atoms with Gasteiger partial charge in [0, 0.05) is 5.69 Å². The highest BCUT2D eigenvalue weighted by Crippen LogP contribution is 2.16. The molecule has 17 heavy (non-hydrogen) atoms. The summed E-state index contributed by atoms with van der Waals surface area (Å²) in [6.45, 7) is 6.89. The predicted octanol–water partition coefficient (Wildman–Crippen LogP) is 2.49. The van der Waals surface area contributed by atoms with Gasteiger partial charge in [0.05, 0.1) is 12.2 Å². The summed E-state index contributed by atoms with van der Waals surface area (Å²) in [5, 5.41) is 7.45. The Balaban J connectivity index is 2.62. The van der Waals surface area contributed by atoms with E-state index in [0.717, 1.165) is 18.5 Å². The highest BCUT2D eigenvalue weighted by atomic mass is 16.5. The van der Waals surface area contributed by atoms with E-state index in [-0.39, 0.29) is 5.84 Å². The zero-order valence-electron chi connectivity index (χ0n) is 10.8. The summed E-state index contributed by atoms with van der Waals surface area (Å²) in [6.07, 6.45) is 2.12. The van der Waals surface area contributed by atoms with Gasteiger partial charge in [0.25, 0.3) is 0 Å². The second kappa shape index (κ2) is 6.23. The first-order valence-corrected chi connectivity index (χ1v) is 5.95. The van der Waals surface area contributed by atoms with E-state index in [1.807, 2.05) is 13.0 Å². The van der Waals surface area contributed by atoms with Crippen molar-refractivity contribution >= 4 is 5.84 Å². The minimum Gasteiger partial charge on any atom is -0.477 e. The summed E-state index contributed by atoms with van der Waals surface area (Å²) in [7, 11) is 0. The molecule has 0 atom stereocenters. The number of nitrogen functional groups attached to an aromatic ring is 1. The van der Waals surface area contributed by atoms with Gasteiger partial charge in [-0.25, -0.2) is 4.98 Å². The molecule has 0 aliphatic carbocycles. The smallest absolute Gasteiger partial charge is 0.224 e. The van der Waals surface area contributed by atoms with Crippen LogP contribution in [0.15, 0.2) is 12.1 Å². The molecule has 1 aromatic heterocycles. The van der Waals surface area contributed by atoms with Crippen LogP contribution in [-0.2, 0) is 0 Å². The standard InChI is InChI=1S/C13H21N3O/c1-9(2)5-4-8-17-13-11(12(14)15)7-6-10(3)16-13/h6-7,9H,4-5,8H2,1-3H3,(H3,14,15). The molecule has 0 fully saturated rings. The van der Waals surface area contributed by atoms with E-state index in [4.69, 9.17) is 15.9 Å². The minimum atomic E-state index is -0.00337. The number of hydrogen-bond acceptors (Lipinski definition) is 3. The lowest BCUT2D eigenvalue weighted by Crippen LogP contribution is -2.15. The van der Waals surface area contributed by atoms with Crippen LogP contribution in [-0.4, -0.2) is 17.4 Å². The van der Waals surface area contributed by atoms with Crippen molar-refractivity contribution in [3.05, 3.63) is 23.4 Å². The third-order valence-corrected chi connectivity index (χ3v) is 2.45. The maximum absolute atomic E-state index is 7.45. The predicted molar refractivity (Wildman–Crippen MR) is 69.6 cm³/mol. The Hall–Kier alpha value is -1.58. The molecule has 0 unspecified atom stereocenters. The van der Waals surface area contributed by atoms with Crippen molar-refractivity contribution in [2.24, 2.45) is 11.7 Å². The fraction of sp³-hybridized carbons (Fsp3) is 0.538. The summed E-state index contributed by atoms with van der Waals surface area (Å²) in [5.74, 6) is 1.15. The Labute approximate surface area is 103 Å². The first kappa shape index (κ1) is 13.5. The molecule has 3 N–H and O–H groups in total. The second-order valence-electron chi connectivity index (χ2n) is 4.60. The lowest BCUT2D eigenvalue weighted by Gasteiger charge is -2.10. The van der Waals surface area contributed by atoms with Gasteiger partial charge in [-0.15, -0.1) is 0 Å². The molecule has 4 heteroatoms. The van der Waals surface area contributed by atoms with Crippen molar-refractivity contribution in [1.82, 2.24) is 4.98 Å². The van der Waals surface area contributed by atoms with Crippen LogP contribution in [0.2, 0.25) is 0 Å². The summed E-state index contributed by atoms with van der Waals surface area (Å²) < 4.78 is 5.60. The van der Waals surface area contributed by atoms with Crippen LogP contribution in [0.3, 0.4) is 0 Å². The van der Waals surface area contributed by atoms with Crippen LogP contribution >= 0.6 is 0 Å². The Bertz CT molecular complexity index is 388. The molecular formula is C13H21N3O. The summed E-state index contributed by atoms with van der Waals surface area (Å²) in [5.41, 5.74) is 6.92. The molecule has 0 aliphatic heterocycles. The monoisotopic (exact) mass is 235 g/mol. The maximum atomic E-state index is 7.45. The molecule has 1 aromatic rings. The van der Waals surface area contributed by atoms with Crippen molar-refractivity contribution in [1.29, 1.82) is 5.41 Å². The number of hydrogen-bond donors (Lipinski definition) is 2. The topological polar surface area (TPSA) is 72.0 Å². The highest BCUT2D eigenvalue weighted by Gasteiger charge is 2.08. The van der Waals surface area contributed by atoms with E-state index in [1.165, 1.54) is 0 Å². The van der Waals surface area contributed by atoms with Crippen LogP contribution in [0.5, 0.6) is 5.88 Å². The first-order chi connectivity index (χ1) is 8.00.